The zero-order chi connectivity index (χ0) is 31.6. The molecule has 4 aromatic heterocycles. The Labute approximate surface area is 249 Å². The van der Waals surface area contributed by atoms with E-state index in [1.807, 2.05) is 34.9 Å². The minimum Gasteiger partial charge on any atom is -0.345 e. The quantitative estimate of drug-likeness (QED) is 0.177. The average molecular weight is 603 g/mol. The number of aryl methyl sites for hydroxylation is 1. The number of imidazole rings is 1. The van der Waals surface area contributed by atoms with E-state index in [1.54, 1.807) is 24.7 Å². The molecule has 5 aromatic rings. The van der Waals surface area contributed by atoms with E-state index in [9.17, 15) is 22.8 Å². The maximum Gasteiger partial charge on any atom is 0.417 e. The number of amides is 2. The number of nitrogens with zero attached hydrogens (tertiary/aromatic N) is 5. The monoisotopic (exact) mass is 602 g/mol. The Morgan fingerprint density at radius 3 is 2.43 bits per heavy atom. The molecular formula is C32H26F4N6O2. The predicted molar refractivity (Wildman–Crippen MR) is 158 cm³/mol. The van der Waals surface area contributed by atoms with Crippen LogP contribution in [0.15, 0.2) is 79.4 Å². The standard InChI is InChI=1S/C32H26F4N6O2/c1-19-24(6-7-31(44)41(2)3)25(32(34,35)36)17-28(39-19)40-30(43)16-22-4-5-23(14-26(22)33)27-18-38-29-15-21(10-13-42(27)29)20-8-11-37-12-9-20/h4-15,17-18H,16H2,1-3H3,(H,39,40,43). The minimum absolute atomic E-state index is 0.0469. The molecule has 0 radical (unpaired) electrons. The highest BCUT2D eigenvalue weighted by atomic mass is 19.4. The second-order valence-electron chi connectivity index (χ2n) is 10.2. The van der Waals surface area contributed by atoms with Crippen molar-refractivity contribution in [2.24, 2.45) is 0 Å². The summed E-state index contributed by atoms with van der Waals surface area (Å²) in [4.78, 5) is 38.3. The number of nitrogens with one attached hydrogen (secondary N) is 1. The van der Waals surface area contributed by atoms with Crippen molar-refractivity contribution in [3.63, 3.8) is 0 Å². The summed E-state index contributed by atoms with van der Waals surface area (Å²) in [6.45, 7) is 1.34. The molecule has 1 N–H and O–H groups in total. The van der Waals surface area contributed by atoms with Gasteiger partial charge in [-0.1, -0.05) is 12.1 Å². The Bertz CT molecular complexity index is 1900. The first kappa shape index (κ1) is 30.1. The summed E-state index contributed by atoms with van der Waals surface area (Å²) in [6.07, 6.45) is 3.68. The van der Waals surface area contributed by atoms with Crippen LogP contribution in [0, 0.1) is 12.7 Å². The summed E-state index contributed by atoms with van der Waals surface area (Å²) in [7, 11) is 2.94. The summed E-state index contributed by atoms with van der Waals surface area (Å²) < 4.78 is 58.5. The van der Waals surface area contributed by atoms with Crippen molar-refractivity contribution < 1.29 is 27.2 Å². The fraction of sp³-hybridized carbons (Fsp3) is 0.156. The lowest BCUT2D eigenvalue weighted by atomic mass is 10.0. The lowest BCUT2D eigenvalue weighted by molar-refractivity contribution is -0.137. The second-order valence-corrected chi connectivity index (χ2v) is 10.2. The highest BCUT2D eigenvalue weighted by Gasteiger charge is 2.34. The molecule has 12 heteroatoms. The van der Waals surface area contributed by atoms with Crippen molar-refractivity contribution in [2.45, 2.75) is 19.5 Å². The van der Waals surface area contributed by atoms with E-state index in [1.165, 1.54) is 38.1 Å². The number of pyridine rings is 3. The van der Waals surface area contributed by atoms with Crippen molar-refractivity contribution in [3.05, 3.63) is 108 Å². The molecule has 0 saturated heterocycles. The van der Waals surface area contributed by atoms with E-state index < -0.39 is 35.8 Å². The summed E-state index contributed by atoms with van der Waals surface area (Å²) in [5, 5.41) is 2.33. The molecule has 0 atom stereocenters. The van der Waals surface area contributed by atoms with E-state index in [0.717, 1.165) is 23.3 Å². The second kappa shape index (κ2) is 12.1. The molecule has 1 aromatic carbocycles. The van der Waals surface area contributed by atoms with Crippen LogP contribution in [0.2, 0.25) is 0 Å². The molecule has 0 fully saturated rings. The van der Waals surface area contributed by atoms with Crippen molar-refractivity contribution in [2.75, 3.05) is 19.4 Å². The van der Waals surface area contributed by atoms with Crippen molar-refractivity contribution in [3.8, 4) is 22.4 Å². The van der Waals surface area contributed by atoms with Crippen LogP contribution in [0.1, 0.15) is 22.4 Å². The van der Waals surface area contributed by atoms with Gasteiger partial charge in [0.15, 0.2) is 0 Å². The fourth-order valence-electron chi connectivity index (χ4n) is 4.62. The van der Waals surface area contributed by atoms with Gasteiger partial charge in [-0.2, -0.15) is 13.2 Å². The zero-order valence-corrected chi connectivity index (χ0v) is 23.9. The molecule has 8 nitrogen and oxygen atoms in total. The molecule has 2 amide bonds. The number of hydrogen-bond donors (Lipinski definition) is 1. The first-order valence-corrected chi connectivity index (χ1v) is 13.3. The normalized spacial score (nSPS) is 11.7. The van der Waals surface area contributed by atoms with Gasteiger partial charge in [0.25, 0.3) is 0 Å². The number of alkyl halides is 3. The summed E-state index contributed by atoms with van der Waals surface area (Å²) in [6, 6.07) is 12.6. The minimum atomic E-state index is -4.78. The molecule has 0 spiro atoms. The van der Waals surface area contributed by atoms with E-state index >= 15 is 4.39 Å². The Kier molecular flexibility index (Phi) is 8.26. The Morgan fingerprint density at radius 2 is 1.75 bits per heavy atom. The van der Waals surface area contributed by atoms with Crippen LogP contribution < -0.4 is 5.32 Å². The van der Waals surface area contributed by atoms with Crippen molar-refractivity contribution >= 4 is 29.4 Å². The summed E-state index contributed by atoms with van der Waals surface area (Å²) in [5.41, 5.74) is 2.38. The lowest BCUT2D eigenvalue weighted by Gasteiger charge is -2.15. The van der Waals surface area contributed by atoms with Gasteiger partial charge in [0.05, 0.1) is 23.9 Å². The largest absolute Gasteiger partial charge is 0.417 e. The van der Waals surface area contributed by atoms with E-state index in [2.05, 4.69) is 20.3 Å². The lowest BCUT2D eigenvalue weighted by Crippen LogP contribution is -2.19. The van der Waals surface area contributed by atoms with Gasteiger partial charge in [-0.05, 0) is 66.1 Å². The van der Waals surface area contributed by atoms with Crippen LogP contribution in [0.4, 0.5) is 23.4 Å². The number of benzene rings is 1. The highest BCUT2D eigenvalue weighted by molar-refractivity contribution is 5.93. The predicted octanol–water partition coefficient (Wildman–Crippen LogP) is 6.21. The van der Waals surface area contributed by atoms with Crippen molar-refractivity contribution in [1.82, 2.24) is 24.3 Å². The molecule has 5 rings (SSSR count). The molecule has 0 aliphatic heterocycles. The van der Waals surface area contributed by atoms with Gasteiger partial charge in [-0.15, -0.1) is 0 Å². The fourth-order valence-corrected chi connectivity index (χ4v) is 4.62. The Morgan fingerprint density at radius 1 is 1.00 bits per heavy atom. The molecule has 0 bridgehead atoms. The maximum atomic E-state index is 15.2. The highest BCUT2D eigenvalue weighted by Crippen LogP contribution is 2.35. The van der Waals surface area contributed by atoms with Crippen LogP contribution in [-0.2, 0) is 22.2 Å². The molecule has 0 unspecified atom stereocenters. The molecule has 224 valence electrons. The van der Waals surface area contributed by atoms with Crippen LogP contribution in [0.3, 0.4) is 0 Å². The molecule has 0 saturated carbocycles. The van der Waals surface area contributed by atoms with Crippen LogP contribution in [0.25, 0.3) is 34.1 Å². The van der Waals surface area contributed by atoms with E-state index in [0.29, 0.717) is 23.0 Å². The van der Waals surface area contributed by atoms with Gasteiger partial charge in [-0.25, -0.2) is 14.4 Å². The number of carbonyl (C=O) groups excluding carboxylic acids is 2. The van der Waals surface area contributed by atoms with E-state index in [4.69, 9.17) is 0 Å². The third kappa shape index (κ3) is 6.48. The molecular weight excluding hydrogens is 576 g/mol. The van der Waals surface area contributed by atoms with Crippen LogP contribution in [0.5, 0.6) is 0 Å². The topological polar surface area (TPSA) is 92.5 Å². The molecule has 0 aliphatic rings. The van der Waals surface area contributed by atoms with Gasteiger partial charge < -0.3 is 10.2 Å². The van der Waals surface area contributed by atoms with Crippen LogP contribution in [-0.4, -0.2) is 50.2 Å². The Hall–Kier alpha value is -5.39. The van der Waals surface area contributed by atoms with Gasteiger partial charge in [0, 0.05) is 55.6 Å². The summed E-state index contributed by atoms with van der Waals surface area (Å²) in [5.74, 6) is -2.25. The zero-order valence-electron chi connectivity index (χ0n) is 23.9. The van der Waals surface area contributed by atoms with Gasteiger partial charge in [-0.3, -0.25) is 19.0 Å². The van der Waals surface area contributed by atoms with E-state index in [-0.39, 0.29) is 22.6 Å². The third-order valence-electron chi connectivity index (χ3n) is 6.88. The van der Waals surface area contributed by atoms with Gasteiger partial charge in [0.2, 0.25) is 11.8 Å². The first-order chi connectivity index (χ1) is 20.9. The number of anilines is 1. The number of likely N-dealkylation sites (N-methyl/N-ethyl adjacent to an activating group) is 1. The average Bonchev–Trinajstić information content (AvgIpc) is 3.40. The number of carbonyl (C=O) groups is 2. The third-order valence-corrected chi connectivity index (χ3v) is 6.88. The Balaban J connectivity index is 1.34. The molecule has 0 aliphatic carbocycles. The smallest absolute Gasteiger partial charge is 0.345 e. The SMILES string of the molecule is Cc1nc(NC(=O)Cc2ccc(-c3cnc4cc(-c5ccncc5)ccn34)cc2F)cc(C(F)(F)F)c1C=CC(=O)N(C)C. The number of aromatic nitrogens is 4. The molecule has 44 heavy (non-hydrogen) atoms. The number of hydrogen-bond acceptors (Lipinski definition) is 5. The molecule has 4 heterocycles. The van der Waals surface area contributed by atoms with Crippen molar-refractivity contribution in [1.29, 1.82) is 0 Å². The van der Waals surface area contributed by atoms with Crippen LogP contribution >= 0.6 is 0 Å². The number of rotatable bonds is 7. The van der Waals surface area contributed by atoms with Gasteiger partial charge in [0.1, 0.15) is 17.3 Å². The number of halogens is 4. The number of fused-ring (bicyclic) bond motifs is 1. The van der Waals surface area contributed by atoms with Gasteiger partial charge >= 0.3 is 6.18 Å². The maximum absolute atomic E-state index is 15.2. The first-order valence-electron chi connectivity index (χ1n) is 13.3. The summed E-state index contributed by atoms with van der Waals surface area (Å²) >= 11 is 0.